The highest BCUT2D eigenvalue weighted by molar-refractivity contribution is 7.90. The zero-order valence-electron chi connectivity index (χ0n) is 11.9. The fourth-order valence-electron chi connectivity index (χ4n) is 2.13. The molecule has 2 aromatic rings. The number of halogens is 2. The highest BCUT2D eigenvalue weighted by atomic mass is 35.5. The lowest BCUT2D eigenvalue weighted by molar-refractivity contribution is 0.549. The lowest BCUT2D eigenvalue weighted by Gasteiger charge is -2.12. The Kier molecular flexibility index (Phi) is 4.14. The Morgan fingerprint density at radius 1 is 1.17 bits per heavy atom. The topological polar surface area (TPSA) is 62.1 Å². The Hall–Kier alpha value is -1.89. The molecule has 1 heterocycles. The van der Waals surface area contributed by atoms with Crippen molar-refractivity contribution in [2.45, 2.75) is 4.90 Å². The van der Waals surface area contributed by atoms with E-state index in [4.69, 9.17) is 23.2 Å². The summed E-state index contributed by atoms with van der Waals surface area (Å²) in [5.41, 5.74) is 1.19. The first-order valence-corrected chi connectivity index (χ1v) is 8.75. The average Bonchev–Trinajstić information content (AvgIpc) is 2.78. The number of benzene rings is 2. The van der Waals surface area contributed by atoms with Crippen LogP contribution in [0.25, 0.3) is 0 Å². The van der Waals surface area contributed by atoms with Crippen molar-refractivity contribution in [2.75, 3.05) is 7.05 Å². The van der Waals surface area contributed by atoms with E-state index in [1.54, 1.807) is 43.4 Å². The molecule has 23 heavy (non-hydrogen) atoms. The summed E-state index contributed by atoms with van der Waals surface area (Å²) in [5, 5.41) is 6.60. The summed E-state index contributed by atoms with van der Waals surface area (Å²) < 4.78 is 27.8. The first-order chi connectivity index (χ1) is 10.9. The molecule has 3 rings (SSSR count). The molecule has 8 heteroatoms. The van der Waals surface area contributed by atoms with Crippen LogP contribution in [0.15, 0.2) is 56.9 Å². The maximum Gasteiger partial charge on any atom is 0.285 e. The van der Waals surface area contributed by atoms with Crippen molar-refractivity contribution < 1.29 is 8.42 Å². The Labute approximate surface area is 143 Å². The van der Waals surface area contributed by atoms with Crippen LogP contribution in [0.3, 0.4) is 0 Å². The van der Waals surface area contributed by atoms with E-state index >= 15 is 0 Å². The lowest BCUT2D eigenvalue weighted by Crippen LogP contribution is -2.21. The first-order valence-electron chi connectivity index (χ1n) is 6.55. The van der Waals surface area contributed by atoms with Crippen LogP contribution in [0.1, 0.15) is 11.1 Å². The van der Waals surface area contributed by atoms with Crippen LogP contribution in [-0.2, 0) is 10.0 Å². The van der Waals surface area contributed by atoms with Gasteiger partial charge in [-0.1, -0.05) is 41.4 Å². The van der Waals surface area contributed by atoms with E-state index in [1.165, 1.54) is 17.3 Å². The van der Waals surface area contributed by atoms with Crippen molar-refractivity contribution >= 4 is 45.3 Å². The predicted molar refractivity (Wildman–Crippen MR) is 92.0 cm³/mol. The molecule has 118 valence electrons. The molecule has 1 aliphatic heterocycles. The van der Waals surface area contributed by atoms with Gasteiger partial charge in [-0.2, -0.15) is 13.5 Å². The second-order valence-corrected chi connectivity index (χ2v) is 7.24. The minimum absolute atomic E-state index is 0.182. The number of fused-ring (bicyclic) bond motifs is 1. The van der Waals surface area contributed by atoms with E-state index in [0.29, 0.717) is 21.2 Å². The monoisotopic (exact) mass is 367 g/mol. The molecule has 5 nitrogen and oxygen atoms in total. The molecule has 0 saturated carbocycles. The first kappa shape index (κ1) is 16.0. The van der Waals surface area contributed by atoms with Crippen LogP contribution in [-0.4, -0.2) is 32.5 Å². The van der Waals surface area contributed by atoms with Crippen molar-refractivity contribution in [1.82, 2.24) is 5.01 Å². The van der Waals surface area contributed by atoms with Crippen molar-refractivity contribution in [1.29, 1.82) is 0 Å². The second-order valence-electron chi connectivity index (χ2n) is 4.82. The molecular weight excluding hydrogens is 357 g/mol. The largest absolute Gasteiger partial charge is 0.285 e. The van der Waals surface area contributed by atoms with Crippen LogP contribution in [0.2, 0.25) is 10.0 Å². The molecular formula is C15H11Cl2N3O2S. The number of rotatable bonds is 2. The van der Waals surface area contributed by atoms with Gasteiger partial charge in [0.15, 0.2) is 5.84 Å². The minimum atomic E-state index is -3.67. The molecule has 0 radical (unpaired) electrons. The number of amidine groups is 1. The van der Waals surface area contributed by atoms with Gasteiger partial charge in [0.05, 0.1) is 11.2 Å². The molecule has 0 aromatic heterocycles. The van der Waals surface area contributed by atoms with Crippen molar-refractivity contribution in [3.8, 4) is 0 Å². The highest BCUT2D eigenvalue weighted by Crippen LogP contribution is 2.27. The van der Waals surface area contributed by atoms with Gasteiger partial charge in [-0.15, -0.1) is 4.40 Å². The molecule has 0 amide bonds. The zero-order chi connectivity index (χ0) is 16.6. The normalized spacial score (nSPS) is 15.5. The Morgan fingerprint density at radius 2 is 1.91 bits per heavy atom. The van der Waals surface area contributed by atoms with E-state index in [9.17, 15) is 8.42 Å². The fraction of sp³-hybridized carbons (Fsp3) is 0.0667. The predicted octanol–water partition coefficient (Wildman–Crippen LogP) is 3.41. The van der Waals surface area contributed by atoms with Crippen LogP contribution < -0.4 is 0 Å². The number of sulfonamides is 1. The van der Waals surface area contributed by atoms with Gasteiger partial charge in [0.2, 0.25) is 0 Å². The third-order valence-corrected chi connectivity index (χ3v) is 5.14. The van der Waals surface area contributed by atoms with E-state index < -0.39 is 10.0 Å². The molecule has 0 atom stereocenters. The van der Waals surface area contributed by atoms with E-state index in [2.05, 4.69) is 9.50 Å². The summed E-state index contributed by atoms with van der Waals surface area (Å²) in [6.45, 7) is 0. The number of hydrazone groups is 1. The third-order valence-electron chi connectivity index (χ3n) is 3.25. The van der Waals surface area contributed by atoms with Gasteiger partial charge in [-0.25, -0.2) is 5.01 Å². The molecule has 0 unspecified atom stereocenters. The van der Waals surface area contributed by atoms with Crippen LogP contribution in [0, 0.1) is 0 Å². The summed E-state index contributed by atoms with van der Waals surface area (Å²) in [7, 11) is -2.05. The van der Waals surface area contributed by atoms with Crippen molar-refractivity contribution in [3.63, 3.8) is 0 Å². The SMILES string of the molecule is CN(/N=C\c1ccc(Cl)cc1Cl)C1=NS(=O)(=O)c2ccccc21. The summed E-state index contributed by atoms with van der Waals surface area (Å²) in [6.07, 6.45) is 1.52. The van der Waals surface area contributed by atoms with Crippen LogP contribution >= 0.6 is 23.2 Å². The van der Waals surface area contributed by atoms with Gasteiger partial charge < -0.3 is 0 Å². The van der Waals surface area contributed by atoms with E-state index in [-0.39, 0.29) is 10.7 Å². The Morgan fingerprint density at radius 3 is 2.65 bits per heavy atom. The zero-order valence-corrected chi connectivity index (χ0v) is 14.3. The summed E-state index contributed by atoms with van der Waals surface area (Å²) in [5.74, 6) is 0.266. The molecule has 0 spiro atoms. The minimum Gasteiger partial charge on any atom is -0.250 e. The molecule has 0 bridgehead atoms. The number of nitrogens with zero attached hydrogens (tertiary/aromatic N) is 3. The van der Waals surface area contributed by atoms with Crippen LogP contribution in [0.5, 0.6) is 0 Å². The average molecular weight is 368 g/mol. The summed E-state index contributed by atoms with van der Waals surface area (Å²) in [6, 6.07) is 11.7. The molecule has 0 N–H and O–H groups in total. The standard InChI is InChI=1S/C15H11Cl2N3O2S/c1-20(18-9-10-6-7-11(16)8-13(10)17)15-12-4-2-3-5-14(12)23(21,22)19-15/h2-9H,1H3/b18-9-. The molecule has 1 aliphatic rings. The van der Waals surface area contributed by atoms with E-state index in [0.717, 1.165) is 0 Å². The lowest BCUT2D eigenvalue weighted by atomic mass is 10.2. The van der Waals surface area contributed by atoms with Gasteiger partial charge in [0, 0.05) is 23.2 Å². The number of hydrogen-bond acceptors (Lipinski definition) is 4. The fourth-order valence-corrected chi connectivity index (χ4v) is 3.82. The highest BCUT2D eigenvalue weighted by Gasteiger charge is 2.30. The molecule has 0 fully saturated rings. The van der Waals surface area contributed by atoms with Gasteiger partial charge in [-0.05, 0) is 24.3 Å². The van der Waals surface area contributed by atoms with Crippen molar-refractivity contribution in [2.24, 2.45) is 9.50 Å². The summed E-state index contributed by atoms with van der Waals surface area (Å²) in [4.78, 5) is 0.182. The maximum absolute atomic E-state index is 12.0. The third kappa shape index (κ3) is 3.10. The maximum atomic E-state index is 12.0. The van der Waals surface area contributed by atoms with Crippen molar-refractivity contribution in [3.05, 3.63) is 63.6 Å². The Balaban J connectivity index is 1.93. The quantitative estimate of drug-likeness (QED) is 0.603. The van der Waals surface area contributed by atoms with Gasteiger partial charge in [0.25, 0.3) is 10.0 Å². The molecule has 0 saturated heterocycles. The summed E-state index contributed by atoms with van der Waals surface area (Å²) >= 11 is 11.9. The number of hydrogen-bond donors (Lipinski definition) is 0. The Bertz CT molecular complexity index is 939. The van der Waals surface area contributed by atoms with Gasteiger partial charge >= 0.3 is 0 Å². The van der Waals surface area contributed by atoms with E-state index in [1.807, 2.05) is 0 Å². The smallest absolute Gasteiger partial charge is 0.250 e. The van der Waals surface area contributed by atoms with Crippen LogP contribution in [0.4, 0.5) is 0 Å². The van der Waals surface area contributed by atoms with Gasteiger partial charge in [-0.3, -0.25) is 0 Å². The second kappa shape index (κ2) is 5.96. The molecule has 2 aromatic carbocycles. The van der Waals surface area contributed by atoms with Gasteiger partial charge in [0.1, 0.15) is 4.90 Å². The molecule has 0 aliphatic carbocycles.